The van der Waals surface area contributed by atoms with E-state index in [0.717, 1.165) is 23.5 Å². The van der Waals surface area contributed by atoms with Crippen LogP contribution in [0.3, 0.4) is 0 Å². The first-order chi connectivity index (χ1) is 14.3. The van der Waals surface area contributed by atoms with Gasteiger partial charge in [-0.25, -0.2) is 0 Å². The first-order valence-electron chi connectivity index (χ1n) is 9.71. The van der Waals surface area contributed by atoms with Crippen LogP contribution in [0.25, 0.3) is 0 Å². The number of rotatable bonds is 7. The first kappa shape index (κ1) is 21.6. The van der Waals surface area contributed by atoms with Gasteiger partial charge in [0.1, 0.15) is 6.04 Å². The van der Waals surface area contributed by atoms with Crippen molar-refractivity contribution in [2.24, 2.45) is 0 Å². The molecular formula is C22H25N5O2S. The maximum Gasteiger partial charge on any atom is 0.280 e. The number of carbonyl (C=O) groups is 2. The largest absolute Gasteiger partial charge is 0.349 e. The number of anilines is 1. The lowest BCUT2D eigenvalue weighted by Gasteiger charge is -2.34. The smallest absolute Gasteiger partial charge is 0.280 e. The molecule has 0 aliphatic rings. The quantitative estimate of drug-likeness (QED) is 0.622. The van der Waals surface area contributed by atoms with Gasteiger partial charge in [-0.2, -0.15) is 0 Å². The summed E-state index contributed by atoms with van der Waals surface area (Å²) in [7, 11) is 0. The third-order valence-electron chi connectivity index (χ3n) is 4.93. The molecule has 0 bridgehead atoms. The molecule has 30 heavy (non-hydrogen) atoms. The van der Waals surface area contributed by atoms with Crippen LogP contribution < -0.4 is 10.2 Å². The van der Waals surface area contributed by atoms with Crippen molar-refractivity contribution >= 4 is 29.0 Å². The minimum Gasteiger partial charge on any atom is -0.349 e. The minimum atomic E-state index is -0.916. The fourth-order valence-electron chi connectivity index (χ4n) is 2.99. The van der Waals surface area contributed by atoms with Gasteiger partial charge in [-0.3, -0.25) is 19.5 Å². The van der Waals surface area contributed by atoms with Crippen LogP contribution in [0.1, 0.15) is 54.8 Å². The number of aryl methyl sites for hydroxylation is 1. The molecular weight excluding hydrogens is 398 g/mol. The third-order valence-corrected chi connectivity index (χ3v) is 5.43. The van der Waals surface area contributed by atoms with Crippen LogP contribution in [0.15, 0.2) is 54.2 Å². The molecule has 0 radical (unpaired) electrons. The van der Waals surface area contributed by atoms with Gasteiger partial charge in [0.2, 0.25) is 5.91 Å². The summed E-state index contributed by atoms with van der Waals surface area (Å²) in [4.78, 5) is 32.7. The van der Waals surface area contributed by atoms with Gasteiger partial charge < -0.3 is 5.32 Å². The molecule has 156 valence electrons. The minimum absolute atomic E-state index is 0.193. The molecule has 3 aromatic rings. The summed E-state index contributed by atoms with van der Waals surface area (Å²) >= 11 is 1.09. The van der Waals surface area contributed by atoms with Crippen molar-refractivity contribution in [2.45, 2.75) is 45.7 Å². The van der Waals surface area contributed by atoms with Crippen LogP contribution in [0.4, 0.5) is 5.69 Å². The Bertz CT molecular complexity index is 1010. The number of pyridine rings is 1. The maximum atomic E-state index is 13.5. The van der Waals surface area contributed by atoms with Gasteiger partial charge in [0.05, 0.1) is 0 Å². The highest BCUT2D eigenvalue weighted by molar-refractivity contribution is 7.03. The van der Waals surface area contributed by atoms with Crippen molar-refractivity contribution in [3.8, 4) is 0 Å². The number of hydrogen-bond acceptors (Lipinski definition) is 6. The van der Waals surface area contributed by atoms with E-state index in [4.69, 9.17) is 0 Å². The van der Waals surface area contributed by atoms with Crippen molar-refractivity contribution < 1.29 is 9.59 Å². The lowest BCUT2D eigenvalue weighted by molar-refractivity contribution is -0.124. The van der Waals surface area contributed by atoms with E-state index < -0.39 is 17.5 Å². The molecule has 2 amide bonds. The molecule has 0 aliphatic carbocycles. The molecule has 0 saturated carbocycles. The summed E-state index contributed by atoms with van der Waals surface area (Å²) in [6.45, 7) is 7.85. The van der Waals surface area contributed by atoms with Gasteiger partial charge in [0.25, 0.3) is 5.91 Å². The van der Waals surface area contributed by atoms with Crippen molar-refractivity contribution in [1.29, 1.82) is 0 Å². The molecule has 3 rings (SSSR count). The summed E-state index contributed by atoms with van der Waals surface area (Å²) in [5.41, 5.74) is 1.95. The van der Waals surface area contributed by atoms with E-state index in [2.05, 4.69) is 19.9 Å². The Kier molecular flexibility index (Phi) is 6.56. The molecule has 8 heteroatoms. The van der Waals surface area contributed by atoms with E-state index in [1.54, 1.807) is 29.9 Å². The van der Waals surface area contributed by atoms with Gasteiger partial charge >= 0.3 is 0 Å². The van der Waals surface area contributed by atoms with Crippen LogP contribution in [-0.4, -0.2) is 31.9 Å². The Labute approximate surface area is 180 Å². The number of hydrogen-bond donors (Lipinski definition) is 1. The Hall–Kier alpha value is -3.13. The maximum absolute atomic E-state index is 13.5. The van der Waals surface area contributed by atoms with Gasteiger partial charge in [-0.05, 0) is 62.5 Å². The summed E-state index contributed by atoms with van der Waals surface area (Å²) in [5.74, 6) is -0.680. The fraction of sp³-hybridized carbons (Fsp3) is 0.318. The van der Waals surface area contributed by atoms with Crippen LogP contribution >= 0.6 is 11.5 Å². The number of amides is 2. The number of aromatic nitrogens is 3. The second kappa shape index (κ2) is 9.13. The van der Waals surface area contributed by atoms with E-state index >= 15 is 0 Å². The average Bonchev–Trinajstić information content (AvgIpc) is 3.26. The number of nitrogens with one attached hydrogen (secondary N) is 1. The Morgan fingerprint density at radius 3 is 2.63 bits per heavy atom. The summed E-state index contributed by atoms with van der Waals surface area (Å²) in [5, 5.41) is 8.60. The molecule has 1 atom stereocenters. The fourth-order valence-corrected chi connectivity index (χ4v) is 3.42. The molecule has 2 aromatic heterocycles. The first-order valence-corrected chi connectivity index (χ1v) is 10.6. The van der Waals surface area contributed by atoms with E-state index in [9.17, 15) is 9.59 Å². The van der Waals surface area contributed by atoms with Crippen LogP contribution in [0.2, 0.25) is 0 Å². The number of carbonyl (C=O) groups excluding carboxylic acids is 2. The average molecular weight is 424 g/mol. The Morgan fingerprint density at radius 1 is 1.23 bits per heavy atom. The van der Waals surface area contributed by atoms with Crippen LogP contribution in [0.5, 0.6) is 0 Å². The molecule has 7 nitrogen and oxygen atoms in total. The van der Waals surface area contributed by atoms with E-state index in [1.807, 2.05) is 52.0 Å². The van der Waals surface area contributed by atoms with Crippen molar-refractivity contribution in [1.82, 2.24) is 19.9 Å². The Balaban J connectivity index is 2.15. The van der Waals surface area contributed by atoms with E-state index in [1.165, 1.54) is 4.90 Å². The molecule has 0 saturated heterocycles. The number of benzene rings is 1. The van der Waals surface area contributed by atoms with Gasteiger partial charge in [-0.15, -0.1) is 5.10 Å². The van der Waals surface area contributed by atoms with Gasteiger partial charge in [0, 0.05) is 34.6 Å². The predicted octanol–water partition coefficient (Wildman–Crippen LogP) is 3.93. The SMILES string of the molecule is CCC(C)(C)NC(=O)[C@@H](c1cccnc1)N(C(=O)c1csnn1)c1cccc(C)c1. The highest BCUT2D eigenvalue weighted by Crippen LogP contribution is 2.30. The number of nitrogens with zero attached hydrogens (tertiary/aromatic N) is 4. The standard InChI is InChI=1S/C22H25N5O2S/c1-5-22(3,4)24-20(28)19(16-9-7-11-23-13-16)27(17-10-6-8-15(2)12-17)21(29)18-14-30-26-25-18/h6-14,19H,5H2,1-4H3,(H,24,28)/t19-/m1/s1. The van der Waals surface area contributed by atoms with Crippen molar-refractivity contribution in [3.63, 3.8) is 0 Å². The Morgan fingerprint density at radius 2 is 2.03 bits per heavy atom. The molecule has 0 unspecified atom stereocenters. The highest BCUT2D eigenvalue weighted by Gasteiger charge is 2.36. The second-order valence-corrected chi connectivity index (χ2v) is 8.33. The summed E-state index contributed by atoms with van der Waals surface area (Å²) in [6, 6.07) is 10.1. The van der Waals surface area contributed by atoms with Crippen molar-refractivity contribution in [2.75, 3.05) is 4.90 Å². The third kappa shape index (κ3) is 4.88. The normalized spacial score (nSPS) is 12.3. The lowest BCUT2D eigenvalue weighted by atomic mass is 9.98. The lowest BCUT2D eigenvalue weighted by Crippen LogP contribution is -2.50. The summed E-state index contributed by atoms with van der Waals surface area (Å²) in [6.07, 6.45) is 3.99. The highest BCUT2D eigenvalue weighted by atomic mass is 32.1. The van der Waals surface area contributed by atoms with Gasteiger partial charge in [0.15, 0.2) is 5.69 Å². The van der Waals surface area contributed by atoms with Crippen molar-refractivity contribution in [3.05, 3.63) is 71.0 Å². The molecule has 1 aromatic carbocycles. The monoisotopic (exact) mass is 423 g/mol. The topological polar surface area (TPSA) is 88.1 Å². The zero-order chi connectivity index (χ0) is 21.7. The predicted molar refractivity (Wildman–Crippen MR) is 117 cm³/mol. The summed E-state index contributed by atoms with van der Waals surface area (Å²) < 4.78 is 3.82. The second-order valence-electron chi connectivity index (χ2n) is 7.72. The molecule has 1 N–H and O–H groups in total. The van der Waals surface area contributed by atoms with E-state index in [0.29, 0.717) is 11.3 Å². The molecule has 2 heterocycles. The van der Waals surface area contributed by atoms with Gasteiger partial charge in [-0.1, -0.05) is 29.6 Å². The van der Waals surface area contributed by atoms with Crippen LogP contribution in [-0.2, 0) is 4.79 Å². The van der Waals surface area contributed by atoms with Crippen LogP contribution in [0, 0.1) is 6.92 Å². The molecule has 0 fully saturated rings. The van der Waals surface area contributed by atoms with E-state index in [-0.39, 0.29) is 11.6 Å². The molecule has 0 aliphatic heterocycles. The zero-order valence-electron chi connectivity index (χ0n) is 17.5. The zero-order valence-corrected chi connectivity index (χ0v) is 18.3. The molecule has 0 spiro atoms.